The summed E-state index contributed by atoms with van der Waals surface area (Å²) in [6, 6.07) is 27.9. The summed E-state index contributed by atoms with van der Waals surface area (Å²) in [5, 5.41) is 10.3. The van der Waals surface area contributed by atoms with E-state index in [1.807, 2.05) is 24.3 Å². The van der Waals surface area contributed by atoms with Gasteiger partial charge in [0.2, 0.25) is 0 Å². The summed E-state index contributed by atoms with van der Waals surface area (Å²) in [5.41, 5.74) is 4.74. The molecular weight excluding hydrogens is 499 g/mol. The molecule has 1 aromatic heterocycles. The highest BCUT2D eigenvalue weighted by Crippen LogP contribution is 2.30. The second kappa shape index (κ2) is 11.7. The summed E-state index contributed by atoms with van der Waals surface area (Å²) >= 11 is 12.3. The maximum absolute atomic E-state index is 6.16. The standard InChI is InChI=1S/C31H34Cl2N4/c1-37(2)30-19-31(36-29-6-4-3-5-27(29)30)35-26-17-15-25(16-18-26)34-20-28(21-7-11-23(32)12-8-21)22-9-13-24(33)14-10-22/h3-14,19,25-26,28,34H,15-18,20H2,1-2H3,(H,35,36)/t25-,26+. The molecular formula is C31H34Cl2N4. The molecule has 0 unspecified atom stereocenters. The zero-order valence-electron chi connectivity index (χ0n) is 21.4. The van der Waals surface area contributed by atoms with Crippen LogP contribution in [0.5, 0.6) is 0 Å². The normalized spacial score (nSPS) is 17.8. The smallest absolute Gasteiger partial charge is 0.128 e. The van der Waals surface area contributed by atoms with Crippen molar-refractivity contribution < 1.29 is 0 Å². The largest absolute Gasteiger partial charge is 0.377 e. The topological polar surface area (TPSA) is 40.2 Å². The molecule has 2 N–H and O–H groups in total. The second-order valence-electron chi connectivity index (χ2n) is 10.2. The monoisotopic (exact) mass is 532 g/mol. The van der Waals surface area contributed by atoms with E-state index < -0.39 is 0 Å². The van der Waals surface area contributed by atoms with Crippen LogP contribution in [0.4, 0.5) is 11.5 Å². The number of anilines is 2. The van der Waals surface area contributed by atoms with Crippen molar-refractivity contribution in [1.82, 2.24) is 10.3 Å². The molecule has 192 valence electrons. The van der Waals surface area contributed by atoms with Crippen molar-refractivity contribution in [2.45, 2.75) is 43.7 Å². The average molecular weight is 534 g/mol. The molecule has 5 rings (SSSR count). The fraction of sp³-hybridized carbons (Fsp3) is 0.323. The Balaban J connectivity index is 1.21. The first-order chi connectivity index (χ1) is 18.0. The minimum atomic E-state index is 0.247. The predicted octanol–water partition coefficient (Wildman–Crippen LogP) is 7.75. The fourth-order valence-electron chi connectivity index (χ4n) is 5.35. The summed E-state index contributed by atoms with van der Waals surface area (Å²) in [6.07, 6.45) is 4.52. The van der Waals surface area contributed by atoms with Gasteiger partial charge in [-0.15, -0.1) is 0 Å². The van der Waals surface area contributed by atoms with Gasteiger partial charge in [0.1, 0.15) is 5.82 Å². The van der Waals surface area contributed by atoms with E-state index in [0.717, 1.165) is 53.6 Å². The van der Waals surface area contributed by atoms with E-state index in [2.05, 4.69) is 84.2 Å². The number of halogens is 2. The maximum Gasteiger partial charge on any atom is 0.128 e. The van der Waals surface area contributed by atoms with E-state index in [1.165, 1.54) is 22.2 Å². The molecule has 37 heavy (non-hydrogen) atoms. The number of fused-ring (bicyclic) bond motifs is 1. The minimum Gasteiger partial charge on any atom is -0.377 e. The number of nitrogens with zero attached hydrogens (tertiary/aromatic N) is 2. The molecule has 0 aliphatic heterocycles. The highest BCUT2D eigenvalue weighted by atomic mass is 35.5. The number of aromatic nitrogens is 1. The molecule has 1 heterocycles. The number of hydrogen-bond acceptors (Lipinski definition) is 4. The quantitative estimate of drug-likeness (QED) is 0.243. The van der Waals surface area contributed by atoms with Crippen LogP contribution in [0.3, 0.4) is 0 Å². The third kappa shape index (κ3) is 6.38. The van der Waals surface area contributed by atoms with Crippen LogP contribution in [-0.4, -0.2) is 37.7 Å². The fourth-order valence-corrected chi connectivity index (χ4v) is 5.61. The summed E-state index contributed by atoms with van der Waals surface area (Å²) in [5.74, 6) is 1.21. The first-order valence-corrected chi connectivity index (χ1v) is 13.8. The zero-order chi connectivity index (χ0) is 25.8. The highest BCUT2D eigenvalue weighted by molar-refractivity contribution is 6.30. The Morgan fingerprint density at radius 3 is 1.97 bits per heavy atom. The number of nitrogens with one attached hydrogen (secondary N) is 2. The Labute approximate surface area is 230 Å². The van der Waals surface area contributed by atoms with Gasteiger partial charge in [-0.05, 0) is 67.1 Å². The van der Waals surface area contributed by atoms with Gasteiger partial charge in [-0.1, -0.05) is 65.7 Å². The molecule has 3 aromatic carbocycles. The van der Waals surface area contributed by atoms with Gasteiger partial charge in [-0.2, -0.15) is 0 Å². The number of benzene rings is 3. The summed E-state index contributed by atoms with van der Waals surface area (Å²) in [4.78, 5) is 7.06. The van der Waals surface area contributed by atoms with Crippen molar-refractivity contribution >= 4 is 45.6 Å². The molecule has 0 saturated heterocycles. The van der Waals surface area contributed by atoms with Crippen molar-refractivity contribution in [1.29, 1.82) is 0 Å². The van der Waals surface area contributed by atoms with Gasteiger partial charge in [0.25, 0.3) is 0 Å². The van der Waals surface area contributed by atoms with Crippen LogP contribution in [-0.2, 0) is 0 Å². The summed E-state index contributed by atoms with van der Waals surface area (Å²) in [6.45, 7) is 0.879. The van der Waals surface area contributed by atoms with Gasteiger partial charge in [0.15, 0.2) is 0 Å². The van der Waals surface area contributed by atoms with Crippen LogP contribution in [0, 0.1) is 0 Å². The third-order valence-electron chi connectivity index (χ3n) is 7.41. The molecule has 4 aromatic rings. The second-order valence-corrected chi connectivity index (χ2v) is 11.1. The summed E-state index contributed by atoms with van der Waals surface area (Å²) < 4.78 is 0. The molecule has 4 nitrogen and oxygen atoms in total. The zero-order valence-corrected chi connectivity index (χ0v) is 22.9. The molecule has 0 amide bonds. The van der Waals surface area contributed by atoms with Gasteiger partial charge in [-0.3, -0.25) is 0 Å². The van der Waals surface area contributed by atoms with Crippen LogP contribution in [0.1, 0.15) is 42.7 Å². The van der Waals surface area contributed by atoms with Gasteiger partial charge in [0.05, 0.1) is 5.52 Å². The van der Waals surface area contributed by atoms with E-state index in [0.29, 0.717) is 12.1 Å². The number of rotatable bonds is 8. The molecule has 0 atom stereocenters. The number of hydrogen-bond donors (Lipinski definition) is 2. The Bertz CT molecular complexity index is 1270. The number of pyridine rings is 1. The lowest BCUT2D eigenvalue weighted by atomic mass is 9.88. The average Bonchev–Trinajstić information content (AvgIpc) is 2.91. The molecule has 1 saturated carbocycles. The SMILES string of the molecule is CN(C)c1cc(N[C@H]2CC[C@@H](NCC(c3ccc(Cl)cc3)c3ccc(Cl)cc3)CC2)nc2ccccc12. The van der Waals surface area contributed by atoms with Gasteiger partial charge < -0.3 is 15.5 Å². The van der Waals surface area contributed by atoms with E-state index in [4.69, 9.17) is 28.2 Å². The lowest BCUT2D eigenvalue weighted by Crippen LogP contribution is -2.39. The van der Waals surface area contributed by atoms with Gasteiger partial charge >= 0.3 is 0 Å². The Morgan fingerprint density at radius 1 is 0.811 bits per heavy atom. The summed E-state index contributed by atoms with van der Waals surface area (Å²) in [7, 11) is 4.17. The first kappa shape index (κ1) is 25.8. The Hall–Kier alpha value is -2.79. The molecule has 1 fully saturated rings. The van der Waals surface area contributed by atoms with Crippen LogP contribution in [0.15, 0.2) is 78.9 Å². The molecule has 1 aliphatic rings. The highest BCUT2D eigenvalue weighted by Gasteiger charge is 2.23. The van der Waals surface area contributed by atoms with E-state index in [9.17, 15) is 0 Å². The lowest BCUT2D eigenvalue weighted by Gasteiger charge is -2.31. The Kier molecular flexibility index (Phi) is 8.19. The maximum atomic E-state index is 6.16. The van der Waals surface area contributed by atoms with Crippen molar-refractivity contribution in [3.8, 4) is 0 Å². The van der Waals surface area contributed by atoms with Crippen LogP contribution >= 0.6 is 23.2 Å². The molecule has 1 aliphatic carbocycles. The van der Waals surface area contributed by atoms with E-state index >= 15 is 0 Å². The minimum absolute atomic E-state index is 0.247. The molecule has 0 spiro atoms. The van der Waals surface area contributed by atoms with Crippen molar-refractivity contribution in [2.75, 3.05) is 30.9 Å². The molecule has 0 radical (unpaired) electrons. The van der Waals surface area contributed by atoms with Gasteiger partial charge in [-0.25, -0.2) is 4.98 Å². The van der Waals surface area contributed by atoms with E-state index in [1.54, 1.807) is 0 Å². The van der Waals surface area contributed by atoms with Crippen LogP contribution < -0.4 is 15.5 Å². The van der Waals surface area contributed by atoms with Crippen molar-refractivity contribution in [2.24, 2.45) is 0 Å². The van der Waals surface area contributed by atoms with Crippen molar-refractivity contribution in [3.05, 3.63) is 100 Å². The Morgan fingerprint density at radius 2 is 1.38 bits per heavy atom. The van der Waals surface area contributed by atoms with Crippen molar-refractivity contribution in [3.63, 3.8) is 0 Å². The van der Waals surface area contributed by atoms with Gasteiger partial charge in [0, 0.05) is 65.8 Å². The van der Waals surface area contributed by atoms with E-state index in [-0.39, 0.29) is 5.92 Å². The predicted molar refractivity (Wildman–Crippen MR) is 158 cm³/mol. The lowest BCUT2D eigenvalue weighted by molar-refractivity contribution is 0.351. The molecule has 6 heteroatoms. The van der Waals surface area contributed by atoms with Crippen LogP contribution in [0.25, 0.3) is 10.9 Å². The number of para-hydroxylation sites is 1. The van der Waals surface area contributed by atoms with Crippen LogP contribution in [0.2, 0.25) is 10.0 Å². The molecule has 0 bridgehead atoms. The third-order valence-corrected chi connectivity index (χ3v) is 7.91. The first-order valence-electron chi connectivity index (χ1n) is 13.0.